The van der Waals surface area contributed by atoms with Crippen LogP contribution in [0.2, 0.25) is 0 Å². The van der Waals surface area contributed by atoms with E-state index < -0.39 is 54.5 Å². The number of aliphatic hydroxyl groups excluding tert-OH is 1. The van der Waals surface area contributed by atoms with Crippen molar-refractivity contribution in [1.29, 1.82) is 0 Å². The van der Waals surface area contributed by atoms with Crippen molar-refractivity contribution >= 4 is 23.7 Å². The third-order valence-electron chi connectivity index (χ3n) is 4.98. The highest BCUT2D eigenvalue weighted by Gasteiger charge is 2.32. The van der Waals surface area contributed by atoms with E-state index in [1.807, 2.05) is 0 Å². The Labute approximate surface area is 187 Å². The molecule has 0 saturated carbocycles. The van der Waals surface area contributed by atoms with Gasteiger partial charge in [0.05, 0.1) is 12.6 Å². The van der Waals surface area contributed by atoms with E-state index in [9.17, 15) is 24.3 Å². The van der Waals surface area contributed by atoms with E-state index in [-0.39, 0.29) is 18.3 Å². The number of amides is 3. The normalized spacial score (nSPS) is 14.9. The van der Waals surface area contributed by atoms with Crippen LogP contribution in [-0.4, -0.2) is 64.7 Å². The minimum Gasteiger partial charge on any atom is -0.480 e. The maximum Gasteiger partial charge on any atom is 0.328 e. The van der Waals surface area contributed by atoms with Crippen LogP contribution >= 0.6 is 0 Å². The quantitative estimate of drug-likeness (QED) is 0.247. The summed E-state index contributed by atoms with van der Waals surface area (Å²) in [6, 6.07) is 4.46. The van der Waals surface area contributed by atoms with Crippen molar-refractivity contribution in [2.75, 3.05) is 6.61 Å². The Morgan fingerprint density at radius 3 is 1.88 bits per heavy atom. The summed E-state index contributed by atoms with van der Waals surface area (Å²) in [6.45, 7) is 6.25. The second kappa shape index (κ2) is 12.8. The third kappa shape index (κ3) is 8.27. The molecule has 3 amide bonds. The van der Waals surface area contributed by atoms with Crippen LogP contribution in [0, 0.1) is 11.8 Å². The van der Waals surface area contributed by atoms with Crippen molar-refractivity contribution in [3.63, 3.8) is 0 Å². The van der Waals surface area contributed by atoms with E-state index in [2.05, 4.69) is 16.0 Å². The van der Waals surface area contributed by atoms with E-state index in [0.717, 1.165) is 5.56 Å². The van der Waals surface area contributed by atoms with Gasteiger partial charge in [-0.25, -0.2) is 4.79 Å². The van der Waals surface area contributed by atoms with E-state index in [4.69, 9.17) is 10.8 Å². The molecule has 0 aliphatic carbocycles. The van der Waals surface area contributed by atoms with Crippen LogP contribution in [0.3, 0.4) is 0 Å². The number of benzene rings is 1. The lowest BCUT2D eigenvalue weighted by molar-refractivity contribution is -0.143. The molecule has 0 bridgehead atoms. The first-order chi connectivity index (χ1) is 15.0. The lowest BCUT2D eigenvalue weighted by Gasteiger charge is -2.27. The topological polar surface area (TPSA) is 171 Å². The van der Waals surface area contributed by atoms with Gasteiger partial charge in [-0.15, -0.1) is 0 Å². The molecule has 1 rings (SSSR count). The average Bonchev–Trinajstić information content (AvgIpc) is 2.74. The van der Waals surface area contributed by atoms with E-state index in [1.54, 1.807) is 58.0 Å². The summed E-state index contributed by atoms with van der Waals surface area (Å²) >= 11 is 0. The maximum atomic E-state index is 13.0. The van der Waals surface area contributed by atoms with Crippen molar-refractivity contribution in [3.05, 3.63) is 35.9 Å². The molecule has 0 aromatic heterocycles. The number of nitrogens with one attached hydrogen (secondary N) is 3. The second-order valence-electron chi connectivity index (χ2n) is 8.33. The highest BCUT2D eigenvalue weighted by atomic mass is 16.4. The first kappa shape index (κ1) is 27.1. The minimum atomic E-state index is -1.51. The van der Waals surface area contributed by atoms with Gasteiger partial charge in [-0.3, -0.25) is 14.4 Å². The van der Waals surface area contributed by atoms with Crippen LogP contribution in [-0.2, 0) is 25.6 Å². The molecular weight excluding hydrogens is 416 g/mol. The van der Waals surface area contributed by atoms with Gasteiger partial charge in [0.25, 0.3) is 0 Å². The predicted molar refractivity (Wildman–Crippen MR) is 118 cm³/mol. The number of hydrogen-bond donors (Lipinski definition) is 6. The zero-order valence-electron chi connectivity index (χ0n) is 18.9. The molecule has 4 atom stereocenters. The average molecular weight is 451 g/mol. The van der Waals surface area contributed by atoms with Gasteiger partial charge < -0.3 is 31.9 Å². The van der Waals surface area contributed by atoms with E-state index >= 15 is 0 Å². The zero-order chi connectivity index (χ0) is 24.4. The fourth-order valence-electron chi connectivity index (χ4n) is 2.87. The molecule has 4 unspecified atom stereocenters. The third-order valence-corrected chi connectivity index (χ3v) is 4.98. The first-order valence-electron chi connectivity index (χ1n) is 10.5. The molecule has 1 aromatic carbocycles. The molecular formula is C22H34N4O6. The lowest BCUT2D eigenvalue weighted by Crippen LogP contribution is -2.59. The predicted octanol–water partition coefficient (Wildman–Crippen LogP) is -0.600. The fourth-order valence-corrected chi connectivity index (χ4v) is 2.87. The largest absolute Gasteiger partial charge is 0.480 e. The number of carbonyl (C=O) groups is 4. The van der Waals surface area contributed by atoms with Gasteiger partial charge in [-0.2, -0.15) is 0 Å². The van der Waals surface area contributed by atoms with Gasteiger partial charge in [0.1, 0.15) is 18.1 Å². The number of rotatable bonds is 12. The second-order valence-corrected chi connectivity index (χ2v) is 8.33. The van der Waals surface area contributed by atoms with Crippen LogP contribution in [0.15, 0.2) is 30.3 Å². The molecule has 178 valence electrons. The smallest absolute Gasteiger partial charge is 0.328 e. The van der Waals surface area contributed by atoms with Gasteiger partial charge in [-0.05, 0) is 17.4 Å². The molecule has 0 fully saturated rings. The van der Waals surface area contributed by atoms with Gasteiger partial charge in [0.15, 0.2) is 0 Å². The number of aliphatic hydroxyl groups is 1. The Morgan fingerprint density at radius 2 is 1.41 bits per heavy atom. The van der Waals surface area contributed by atoms with Gasteiger partial charge in [-0.1, -0.05) is 58.0 Å². The number of nitrogens with two attached hydrogens (primary N) is 1. The molecule has 0 aliphatic rings. The summed E-state index contributed by atoms with van der Waals surface area (Å²) in [6.07, 6.45) is 0.0838. The Kier molecular flexibility index (Phi) is 10.8. The summed E-state index contributed by atoms with van der Waals surface area (Å²) in [7, 11) is 0. The van der Waals surface area contributed by atoms with Crippen molar-refractivity contribution in [2.45, 2.75) is 58.3 Å². The van der Waals surface area contributed by atoms with Gasteiger partial charge in [0, 0.05) is 6.42 Å². The molecule has 7 N–H and O–H groups in total. The highest BCUT2D eigenvalue weighted by Crippen LogP contribution is 2.08. The molecule has 0 radical (unpaired) electrons. The van der Waals surface area contributed by atoms with Crippen molar-refractivity contribution < 1.29 is 29.4 Å². The summed E-state index contributed by atoms with van der Waals surface area (Å²) in [5, 5.41) is 25.8. The number of carbonyl (C=O) groups excluding carboxylic acids is 3. The van der Waals surface area contributed by atoms with Gasteiger partial charge >= 0.3 is 5.97 Å². The molecule has 1 aromatic rings. The fraction of sp³-hybridized carbons (Fsp3) is 0.545. The molecule has 10 heteroatoms. The van der Waals surface area contributed by atoms with Crippen LogP contribution in [0.5, 0.6) is 0 Å². The number of hydrogen-bond acceptors (Lipinski definition) is 6. The van der Waals surface area contributed by atoms with Crippen LogP contribution in [0.1, 0.15) is 33.3 Å². The van der Waals surface area contributed by atoms with Crippen molar-refractivity contribution in [3.8, 4) is 0 Å². The van der Waals surface area contributed by atoms with Crippen molar-refractivity contribution in [2.24, 2.45) is 17.6 Å². The molecule has 0 saturated heterocycles. The van der Waals surface area contributed by atoms with Gasteiger partial charge in [0.2, 0.25) is 17.7 Å². The van der Waals surface area contributed by atoms with Crippen LogP contribution in [0.4, 0.5) is 0 Å². The number of carboxylic acid groups (broad SMARTS) is 1. The molecule has 10 nitrogen and oxygen atoms in total. The standard InChI is InChI=1S/C22H34N4O6/c1-12(2)17(23)20(29)26-18(13(3)4)21(30)24-15(10-14-8-6-5-7-9-14)19(28)25-16(11-27)22(31)32/h5-9,12-13,15-18,27H,10-11,23H2,1-4H3,(H,24,30)(H,25,28)(H,26,29)(H,31,32). The first-order valence-corrected chi connectivity index (χ1v) is 10.5. The number of aliphatic carboxylic acids is 1. The summed E-state index contributed by atoms with van der Waals surface area (Å²) < 4.78 is 0. The van der Waals surface area contributed by atoms with E-state index in [0.29, 0.717) is 0 Å². The summed E-state index contributed by atoms with van der Waals surface area (Å²) in [5.74, 6) is -3.69. The Bertz CT molecular complexity index is 784. The summed E-state index contributed by atoms with van der Waals surface area (Å²) in [4.78, 5) is 49.3. The molecule has 0 aliphatic heterocycles. The Morgan fingerprint density at radius 1 is 0.844 bits per heavy atom. The minimum absolute atomic E-state index is 0.0838. The SMILES string of the molecule is CC(C)C(N)C(=O)NC(C(=O)NC(Cc1ccccc1)C(=O)NC(CO)C(=O)O)C(C)C. The number of carboxylic acids is 1. The molecule has 0 heterocycles. The van der Waals surface area contributed by atoms with Crippen LogP contribution in [0.25, 0.3) is 0 Å². The Balaban J connectivity index is 3.06. The lowest BCUT2D eigenvalue weighted by atomic mass is 9.99. The van der Waals surface area contributed by atoms with Crippen molar-refractivity contribution in [1.82, 2.24) is 16.0 Å². The van der Waals surface area contributed by atoms with E-state index in [1.165, 1.54) is 0 Å². The molecule has 32 heavy (non-hydrogen) atoms. The monoisotopic (exact) mass is 450 g/mol. The zero-order valence-corrected chi connectivity index (χ0v) is 18.9. The maximum absolute atomic E-state index is 13.0. The molecule has 0 spiro atoms. The summed E-state index contributed by atoms with van der Waals surface area (Å²) in [5.41, 5.74) is 6.60. The Hall–Kier alpha value is -2.98. The highest BCUT2D eigenvalue weighted by molar-refractivity contribution is 5.94. The van der Waals surface area contributed by atoms with Crippen LogP contribution < -0.4 is 21.7 Å².